The fourth-order valence-corrected chi connectivity index (χ4v) is 2.35. The summed E-state index contributed by atoms with van der Waals surface area (Å²) in [6.45, 7) is 1.87. The third-order valence-corrected chi connectivity index (χ3v) is 3.33. The number of carbonyl (C=O) groups is 1. The van der Waals surface area contributed by atoms with Crippen molar-refractivity contribution in [1.29, 1.82) is 0 Å². The predicted molar refractivity (Wildman–Crippen MR) is 67.3 cm³/mol. The summed E-state index contributed by atoms with van der Waals surface area (Å²) in [6, 6.07) is 4.91. The van der Waals surface area contributed by atoms with Gasteiger partial charge in [-0.1, -0.05) is 12.1 Å². The molecular formula is C14H18FNO2. The Kier molecular flexibility index (Phi) is 4.31. The van der Waals surface area contributed by atoms with Gasteiger partial charge in [0.25, 0.3) is 0 Å². The molecule has 0 radical (unpaired) electrons. The lowest BCUT2D eigenvalue weighted by molar-refractivity contribution is -0.119. The molecule has 2 rings (SSSR count). The predicted octanol–water partition coefficient (Wildman–Crippen LogP) is 1.95. The molecule has 1 aromatic rings. The summed E-state index contributed by atoms with van der Waals surface area (Å²) in [5.74, 6) is 0.280. The molecule has 18 heavy (non-hydrogen) atoms. The fraction of sp³-hybridized carbons (Fsp3) is 0.500. The van der Waals surface area contributed by atoms with E-state index in [0.29, 0.717) is 17.9 Å². The number of halogens is 1. The summed E-state index contributed by atoms with van der Waals surface area (Å²) in [5.41, 5.74) is 0.422. The molecule has 1 aromatic carbocycles. The largest absolute Gasteiger partial charge is 0.494 e. The number of rotatable bonds is 5. The molecule has 0 bridgehead atoms. The first-order valence-corrected chi connectivity index (χ1v) is 6.24. The summed E-state index contributed by atoms with van der Waals surface area (Å²) in [7, 11) is 1.42. The zero-order chi connectivity index (χ0) is 13.0. The van der Waals surface area contributed by atoms with Crippen molar-refractivity contribution in [3.63, 3.8) is 0 Å². The molecule has 0 saturated carbocycles. The topological polar surface area (TPSA) is 38.3 Å². The number of carbonyl (C=O) groups excluding carboxylic acids is 1. The summed E-state index contributed by atoms with van der Waals surface area (Å²) < 4.78 is 18.8. The number of ketones is 1. The van der Waals surface area contributed by atoms with Crippen molar-refractivity contribution in [2.45, 2.75) is 19.3 Å². The van der Waals surface area contributed by atoms with Gasteiger partial charge in [0.05, 0.1) is 7.11 Å². The van der Waals surface area contributed by atoms with Crippen molar-refractivity contribution in [2.75, 3.05) is 20.2 Å². The van der Waals surface area contributed by atoms with Crippen molar-refractivity contribution in [3.05, 3.63) is 29.6 Å². The molecule has 3 nitrogen and oxygen atoms in total. The lowest BCUT2D eigenvalue weighted by atomic mass is 9.97. The van der Waals surface area contributed by atoms with Gasteiger partial charge in [0.1, 0.15) is 5.78 Å². The second kappa shape index (κ2) is 5.96. The molecule has 1 N–H and O–H groups in total. The second-order valence-electron chi connectivity index (χ2n) is 4.71. The molecule has 98 valence electrons. The van der Waals surface area contributed by atoms with Crippen molar-refractivity contribution < 1.29 is 13.9 Å². The van der Waals surface area contributed by atoms with E-state index < -0.39 is 5.82 Å². The van der Waals surface area contributed by atoms with Crippen LogP contribution in [0.2, 0.25) is 0 Å². The van der Waals surface area contributed by atoms with Crippen LogP contribution in [0.5, 0.6) is 5.75 Å². The van der Waals surface area contributed by atoms with Crippen molar-refractivity contribution in [2.24, 2.45) is 5.92 Å². The third-order valence-electron chi connectivity index (χ3n) is 3.33. The highest BCUT2D eigenvalue weighted by molar-refractivity contribution is 5.81. The Morgan fingerprint density at radius 2 is 2.39 bits per heavy atom. The Hall–Kier alpha value is -1.42. The van der Waals surface area contributed by atoms with Crippen molar-refractivity contribution >= 4 is 5.78 Å². The van der Waals surface area contributed by atoms with Crippen LogP contribution in [0.25, 0.3) is 0 Å². The summed E-state index contributed by atoms with van der Waals surface area (Å²) >= 11 is 0. The van der Waals surface area contributed by atoms with E-state index >= 15 is 0 Å². The molecule has 0 aliphatic carbocycles. The molecule has 0 spiro atoms. The normalized spacial score (nSPS) is 18.9. The van der Waals surface area contributed by atoms with E-state index in [9.17, 15) is 9.18 Å². The van der Waals surface area contributed by atoms with Gasteiger partial charge >= 0.3 is 0 Å². The van der Waals surface area contributed by atoms with Crippen LogP contribution in [0.1, 0.15) is 18.4 Å². The first-order chi connectivity index (χ1) is 8.70. The molecule has 4 heteroatoms. The van der Waals surface area contributed by atoms with Gasteiger partial charge in [-0.2, -0.15) is 0 Å². The highest BCUT2D eigenvalue weighted by Crippen LogP contribution is 2.21. The monoisotopic (exact) mass is 251 g/mol. The van der Waals surface area contributed by atoms with Crippen LogP contribution in [0.15, 0.2) is 18.2 Å². The van der Waals surface area contributed by atoms with Gasteiger partial charge in [0.15, 0.2) is 11.6 Å². The van der Waals surface area contributed by atoms with Crippen LogP contribution < -0.4 is 10.1 Å². The fourth-order valence-electron chi connectivity index (χ4n) is 2.35. The number of ether oxygens (including phenoxy) is 1. The van der Waals surface area contributed by atoms with Crippen LogP contribution in [0, 0.1) is 11.7 Å². The zero-order valence-corrected chi connectivity index (χ0v) is 10.5. The maximum absolute atomic E-state index is 13.9. The Bertz CT molecular complexity index is 428. The lowest BCUT2D eigenvalue weighted by Gasteiger charge is -2.09. The number of methoxy groups -OCH3 is 1. The average Bonchev–Trinajstić information content (AvgIpc) is 2.84. The van der Waals surface area contributed by atoms with Crippen LogP contribution in [-0.2, 0) is 11.2 Å². The SMILES string of the molecule is COc1cccc(CC(=O)CC2CCNC2)c1F. The van der Waals surface area contributed by atoms with E-state index in [1.165, 1.54) is 7.11 Å². The van der Waals surface area contributed by atoms with Gasteiger partial charge in [-0.05, 0) is 37.1 Å². The summed E-state index contributed by atoms with van der Waals surface area (Å²) in [5, 5.41) is 3.22. The molecule has 1 heterocycles. The minimum absolute atomic E-state index is 0.0934. The number of Topliss-reactive ketones (excluding diaryl/α,β-unsaturated/α-hetero) is 1. The Morgan fingerprint density at radius 1 is 1.56 bits per heavy atom. The number of nitrogens with one attached hydrogen (secondary N) is 1. The van der Waals surface area contributed by atoms with E-state index in [1.54, 1.807) is 18.2 Å². The minimum Gasteiger partial charge on any atom is -0.494 e. The van der Waals surface area contributed by atoms with Crippen molar-refractivity contribution in [3.8, 4) is 5.75 Å². The van der Waals surface area contributed by atoms with Gasteiger partial charge in [-0.15, -0.1) is 0 Å². The maximum atomic E-state index is 13.9. The van der Waals surface area contributed by atoms with E-state index in [0.717, 1.165) is 19.5 Å². The molecule has 1 unspecified atom stereocenters. The Labute approximate surface area is 106 Å². The lowest BCUT2D eigenvalue weighted by Crippen LogP contribution is -2.14. The maximum Gasteiger partial charge on any atom is 0.168 e. The Balaban J connectivity index is 1.98. The van der Waals surface area contributed by atoms with E-state index in [-0.39, 0.29) is 18.0 Å². The van der Waals surface area contributed by atoms with Crippen LogP contribution >= 0.6 is 0 Å². The molecule has 1 aliphatic rings. The molecule has 0 amide bonds. The van der Waals surface area contributed by atoms with E-state index in [2.05, 4.69) is 5.32 Å². The number of benzene rings is 1. The van der Waals surface area contributed by atoms with E-state index in [4.69, 9.17) is 4.74 Å². The van der Waals surface area contributed by atoms with Crippen LogP contribution in [0.3, 0.4) is 0 Å². The first-order valence-electron chi connectivity index (χ1n) is 6.24. The van der Waals surface area contributed by atoms with Crippen LogP contribution in [0.4, 0.5) is 4.39 Å². The summed E-state index contributed by atoms with van der Waals surface area (Å²) in [4.78, 5) is 11.9. The molecule has 0 aromatic heterocycles. The molecular weight excluding hydrogens is 233 g/mol. The van der Waals surface area contributed by atoms with E-state index in [1.807, 2.05) is 0 Å². The van der Waals surface area contributed by atoms with Gasteiger partial charge in [-0.25, -0.2) is 4.39 Å². The smallest absolute Gasteiger partial charge is 0.168 e. The first kappa shape index (κ1) is 13.0. The standard InChI is InChI=1S/C14H18FNO2/c1-18-13-4-2-3-11(14(13)15)8-12(17)7-10-5-6-16-9-10/h2-4,10,16H,5-9H2,1H3. The highest BCUT2D eigenvalue weighted by Gasteiger charge is 2.19. The highest BCUT2D eigenvalue weighted by atomic mass is 19.1. The van der Waals surface area contributed by atoms with Crippen molar-refractivity contribution in [1.82, 2.24) is 5.32 Å². The zero-order valence-electron chi connectivity index (χ0n) is 10.5. The molecule has 1 fully saturated rings. The van der Waals surface area contributed by atoms with Gasteiger partial charge < -0.3 is 10.1 Å². The average molecular weight is 251 g/mol. The minimum atomic E-state index is -0.419. The second-order valence-corrected chi connectivity index (χ2v) is 4.71. The number of hydrogen-bond acceptors (Lipinski definition) is 3. The van der Waals surface area contributed by atoms with Gasteiger partial charge in [0.2, 0.25) is 0 Å². The molecule has 1 saturated heterocycles. The number of hydrogen-bond donors (Lipinski definition) is 1. The third kappa shape index (κ3) is 3.07. The quantitative estimate of drug-likeness (QED) is 0.869. The molecule has 1 aliphatic heterocycles. The summed E-state index contributed by atoms with van der Waals surface area (Å²) in [6.07, 6.45) is 1.72. The Morgan fingerprint density at radius 3 is 3.06 bits per heavy atom. The van der Waals surface area contributed by atoms with Gasteiger partial charge in [0, 0.05) is 12.8 Å². The van der Waals surface area contributed by atoms with Gasteiger partial charge in [-0.3, -0.25) is 4.79 Å². The van der Waals surface area contributed by atoms with Crippen LogP contribution in [-0.4, -0.2) is 26.0 Å². The molecule has 1 atom stereocenters.